The van der Waals surface area contributed by atoms with Crippen LogP contribution in [-0.2, 0) is 0 Å². The third-order valence-corrected chi connectivity index (χ3v) is 6.63. The van der Waals surface area contributed by atoms with Crippen LogP contribution < -0.4 is 14.9 Å². The number of ether oxygens (including phenoxy) is 2. The highest BCUT2D eigenvalue weighted by atomic mass is 16.5. The van der Waals surface area contributed by atoms with Crippen LogP contribution in [0.15, 0.2) is 39.5 Å². The second kappa shape index (κ2) is 10.1. The number of carbonyl (C=O) groups is 1. The van der Waals surface area contributed by atoms with Crippen LogP contribution in [0, 0.1) is 13.8 Å². The maximum atomic E-state index is 13.8. The number of nitrogens with zero attached hydrogens (tertiary/aromatic N) is 2. The Morgan fingerprint density at radius 3 is 2.49 bits per heavy atom. The summed E-state index contributed by atoms with van der Waals surface area (Å²) in [6.45, 7) is 7.74. The number of amides is 1. The summed E-state index contributed by atoms with van der Waals surface area (Å²) in [6.07, 6.45) is 1.98. The maximum absolute atomic E-state index is 13.8. The van der Waals surface area contributed by atoms with Crippen LogP contribution in [0.5, 0.6) is 11.5 Å². The van der Waals surface area contributed by atoms with Gasteiger partial charge in [0.1, 0.15) is 5.58 Å². The number of fused-ring (bicyclic) bond motifs is 2. The maximum Gasteiger partial charge on any atom is 0.290 e. The normalized spacial score (nSPS) is 15.2. The van der Waals surface area contributed by atoms with Gasteiger partial charge in [-0.25, -0.2) is 0 Å². The van der Waals surface area contributed by atoms with E-state index in [0.29, 0.717) is 47.7 Å². The molecule has 4 rings (SSSR count). The number of hydrogen-bond acceptors (Lipinski definition) is 6. The highest BCUT2D eigenvalue weighted by Crippen LogP contribution is 2.41. The van der Waals surface area contributed by atoms with Crippen molar-refractivity contribution in [1.82, 2.24) is 9.80 Å². The minimum Gasteiger partial charge on any atom is -0.493 e. The molecule has 0 bridgehead atoms. The molecule has 1 aromatic heterocycles. The van der Waals surface area contributed by atoms with E-state index < -0.39 is 6.04 Å². The molecule has 1 amide bonds. The molecule has 1 aliphatic rings. The first-order chi connectivity index (χ1) is 16.8. The number of hydrogen-bond donors (Lipinski definition) is 0. The summed E-state index contributed by atoms with van der Waals surface area (Å²) in [6, 6.07) is 8.74. The average Bonchev–Trinajstić information content (AvgIpc) is 3.11. The van der Waals surface area contributed by atoms with E-state index in [2.05, 4.69) is 6.92 Å². The molecule has 35 heavy (non-hydrogen) atoms. The van der Waals surface area contributed by atoms with E-state index in [1.165, 1.54) is 0 Å². The first-order valence-electron chi connectivity index (χ1n) is 12.1. The smallest absolute Gasteiger partial charge is 0.290 e. The monoisotopic (exact) mass is 478 g/mol. The van der Waals surface area contributed by atoms with Crippen LogP contribution in [0.1, 0.15) is 58.6 Å². The van der Waals surface area contributed by atoms with Crippen LogP contribution >= 0.6 is 0 Å². The van der Waals surface area contributed by atoms with E-state index in [9.17, 15) is 9.59 Å². The van der Waals surface area contributed by atoms with E-state index in [-0.39, 0.29) is 17.1 Å². The van der Waals surface area contributed by atoms with Gasteiger partial charge in [-0.3, -0.25) is 9.59 Å². The van der Waals surface area contributed by atoms with Crippen LogP contribution in [0.25, 0.3) is 11.0 Å². The Balaban J connectivity index is 1.87. The number of methoxy groups -OCH3 is 1. The second-order valence-corrected chi connectivity index (χ2v) is 9.42. The molecule has 1 atom stereocenters. The molecular weight excluding hydrogens is 444 g/mol. The highest BCUT2D eigenvalue weighted by Gasteiger charge is 2.42. The zero-order chi connectivity index (χ0) is 25.3. The van der Waals surface area contributed by atoms with E-state index in [0.717, 1.165) is 29.5 Å². The molecule has 0 saturated carbocycles. The number of unbranched alkanes of at least 4 members (excludes halogenated alkanes) is 1. The van der Waals surface area contributed by atoms with Crippen molar-refractivity contribution >= 4 is 16.9 Å². The van der Waals surface area contributed by atoms with E-state index in [1.807, 2.05) is 63.2 Å². The lowest BCUT2D eigenvalue weighted by Gasteiger charge is -2.27. The van der Waals surface area contributed by atoms with Crippen molar-refractivity contribution in [3.8, 4) is 11.5 Å². The zero-order valence-electron chi connectivity index (χ0n) is 21.4. The lowest BCUT2D eigenvalue weighted by molar-refractivity contribution is 0.0716. The predicted octanol–water partition coefficient (Wildman–Crippen LogP) is 4.70. The van der Waals surface area contributed by atoms with Crippen LogP contribution in [0.3, 0.4) is 0 Å². The molecule has 7 heteroatoms. The first-order valence-corrected chi connectivity index (χ1v) is 12.1. The van der Waals surface area contributed by atoms with Gasteiger partial charge in [0.2, 0.25) is 5.76 Å². The van der Waals surface area contributed by atoms with Crippen molar-refractivity contribution in [3.63, 3.8) is 0 Å². The Kier molecular flexibility index (Phi) is 7.17. The van der Waals surface area contributed by atoms with E-state index in [4.69, 9.17) is 13.9 Å². The van der Waals surface area contributed by atoms with Crippen molar-refractivity contribution in [2.24, 2.45) is 0 Å². The molecule has 2 heterocycles. The van der Waals surface area contributed by atoms with Gasteiger partial charge >= 0.3 is 0 Å². The van der Waals surface area contributed by atoms with E-state index >= 15 is 0 Å². The van der Waals surface area contributed by atoms with Gasteiger partial charge in [0.15, 0.2) is 16.9 Å². The lowest BCUT2D eigenvalue weighted by Crippen LogP contribution is -2.35. The molecule has 1 aliphatic heterocycles. The summed E-state index contributed by atoms with van der Waals surface area (Å²) in [5.41, 5.74) is 3.45. The summed E-state index contributed by atoms with van der Waals surface area (Å²) in [7, 11) is 5.51. The number of carbonyl (C=O) groups excluding carboxylic acids is 1. The summed E-state index contributed by atoms with van der Waals surface area (Å²) < 4.78 is 17.6. The molecule has 186 valence electrons. The summed E-state index contributed by atoms with van der Waals surface area (Å²) >= 11 is 0. The van der Waals surface area contributed by atoms with Gasteiger partial charge in [0.25, 0.3) is 5.91 Å². The number of likely N-dealkylation sites (N-methyl/N-ethyl adjacent to an activating group) is 1. The van der Waals surface area contributed by atoms with Crippen molar-refractivity contribution in [3.05, 3.63) is 68.6 Å². The molecule has 0 saturated heterocycles. The Bertz CT molecular complexity index is 1310. The predicted molar refractivity (Wildman–Crippen MR) is 137 cm³/mol. The van der Waals surface area contributed by atoms with Gasteiger partial charge in [-0.05, 0) is 75.3 Å². The molecular formula is C28H34N2O5. The third-order valence-electron chi connectivity index (χ3n) is 6.63. The van der Waals surface area contributed by atoms with Crippen molar-refractivity contribution in [2.45, 2.75) is 39.7 Å². The van der Waals surface area contributed by atoms with Crippen molar-refractivity contribution in [1.29, 1.82) is 0 Å². The summed E-state index contributed by atoms with van der Waals surface area (Å²) in [4.78, 5) is 31.1. The van der Waals surface area contributed by atoms with Gasteiger partial charge in [0, 0.05) is 13.1 Å². The summed E-state index contributed by atoms with van der Waals surface area (Å²) in [5.74, 6) is 1.07. The topological polar surface area (TPSA) is 72.2 Å². The zero-order valence-corrected chi connectivity index (χ0v) is 21.4. The third kappa shape index (κ3) is 4.65. The number of rotatable bonds is 9. The van der Waals surface area contributed by atoms with Crippen LogP contribution in [0.4, 0.5) is 0 Å². The molecule has 0 radical (unpaired) electrons. The Morgan fingerprint density at radius 1 is 1.06 bits per heavy atom. The van der Waals surface area contributed by atoms with Gasteiger partial charge in [-0.15, -0.1) is 0 Å². The standard InChI is InChI=1S/C28H34N2O5/c1-7-8-13-34-21-10-9-19(16-23(21)33-6)25-24-26(31)20-14-17(2)18(3)15-22(20)35-27(24)28(32)30(25)12-11-29(4)5/h9-10,14-16,25H,7-8,11-13H2,1-6H3. The second-order valence-electron chi connectivity index (χ2n) is 9.42. The van der Waals surface area contributed by atoms with Crippen molar-refractivity contribution in [2.75, 3.05) is 40.9 Å². The van der Waals surface area contributed by atoms with Gasteiger partial charge in [-0.2, -0.15) is 0 Å². The highest BCUT2D eigenvalue weighted by molar-refractivity contribution is 5.99. The Hall–Kier alpha value is -3.32. The van der Waals surface area contributed by atoms with E-state index in [1.54, 1.807) is 12.0 Å². The number of aryl methyl sites for hydroxylation is 2. The van der Waals surface area contributed by atoms with Gasteiger partial charge < -0.3 is 23.7 Å². The average molecular weight is 479 g/mol. The quantitative estimate of drug-likeness (QED) is 0.415. The Labute approximate surface area is 206 Å². The largest absolute Gasteiger partial charge is 0.493 e. The molecule has 7 nitrogen and oxygen atoms in total. The van der Waals surface area contributed by atoms with Crippen molar-refractivity contribution < 1.29 is 18.7 Å². The Morgan fingerprint density at radius 2 is 1.80 bits per heavy atom. The molecule has 1 unspecified atom stereocenters. The minimum atomic E-state index is -0.571. The fraction of sp³-hybridized carbons (Fsp3) is 0.429. The molecule has 2 aromatic carbocycles. The SMILES string of the molecule is CCCCOc1ccc(C2c3c(oc4cc(C)c(C)cc4c3=O)C(=O)N2CCN(C)C)cc1OC. The molecule has 0 N–H and O–H groups in total. The molecule has 0 fully saturated rings. The fourth-order valence-corrected chi connectivity index (χ4v) is 4.46. The van der Waals surface area contributed by atoms with Gasteiger partial charge in [-0.1, -0.05) is 19.4 Å². The van der Waals surface area contributed by atoms with Crippen LogP contribution in [-0.4, -0.2) is 56.6 Å². The molecule has 0 aliphatic carbocycles. The van der Waals surface area contributed by atoms with Gasteiger partial charge in [0.05, 0.1) is 30.7 Å². The molecule has 0 spiro atoms. The van der Waals surface area contributed by atoms with Crippen LogP contribution in [0.2, 0.25) is 0 Å². The fourth-order valence-electron chi connectivity index (χ4n) is 4.46. The minimum absolute atomic E-state index is 0.122. The lowest BCUT2D eigenvalue weighted by atomic mass is 9.97. The number of benzene rings is 2. The first kappa shape index (κ1) is 24.8. The molecule has 3 aromatic rings. The summed E-state index contributed by atoms with van der Waals surface area (Å²) in [5, 5.41) is 0.491.